The average molecular weight is 585 g/mol. The predicted octanol–water partition coefficient (Wildman–Crippen LogP) is 12.8. The van der Waals surface area contributed by atoms with Gasteiger partial charge in [-0.25, -0.2) is 0 Å². The molecule has 0 fully saturated rings. The third-order valence-electron chi connectivity index (χ3n) is 8.34. The zero-order valence-corrected chi connectivity index (χ0v) is 26.4. The molecule has 0 aliphatic rings. The van der Waals surface area contributed by atoms with Crippen LogP contribution in [-0.2, 0) is 6.42 Å². The highest BCUT2D eigenvalue weighted by atomic mass is 32.1. The van der Waals surface area contributed by atoms with Crippen LogP contribution in [0.5, 0.6) is 0 Å². The van der Waals surface area contributed by atoms with Gasteiger partial charge in [0.1, 0.15) is 0 Å². The van der Waals surface area contributed by atoms with E-state index in [4.69, 9.17) is 0 Å². The van der Waals surface area contributed by atoms with Gasteiger partial charge in [0.2, 0.25) is 0 Å². The van der Waals surface area contributed by atoms with Crippen molar-refractivity contribution in [3.63, 3.8) is 0 Å². The summed E-state index contributed by atoms with van der Waals surface area (Å²) >= 11 is 3.78. The summed E-state index contributed by atoms with van der Waals surface area (Å²) in [7, 11) is 0. The fraction of sp³-hybridized carbons (Fsp3) is 0.300. The maximum Gasteiger partial charge on any atom is 0.0785 e. The Balaban J connectivity index is 1.11. The predicted molar refractivity (Wildman–Crippen MR) is 188 cm³/mol. The summed E-state index contributed by atoms with van der Waals surface area (Å²) in [5.74, 6) is 6.83. The van der Waals surface area contributed by atoms with Gasteiger partial charge in [0.05, 0.1) is 4.88 Å². The zero-order valence-electron chi connectivity index (χ0n) is 24.8. The number of fused-ring (bicyclic) bond motifs is 5. The normalized spacial score (nSPS) is 11.4. The van der Waals surface area contributed by atoms with E-state index in [9.17, 15) is 0 Å². The summed E-state index contributed by atoms with van der Waals surface area (Å²) in [5.41, 5.74) is 3.51. The Morgan fingerprint density at radius 3 is 1.79 bits per heavy atom. The Kier molecular flexibility index (Phi) is 9.71. The molecule has 2 aromatic heterocycles. The second-order valence-corrected chi connectivity index (χ2v) is 13.8. The standard InChI is InChI=1S/C40H40S2/c1-2-3-4-5-6-7-8-9-10-14-17-33-28-37-35-25-27-40-38(36(35)24-26-39(37)41-33)29-34(42-40)23-20-30-18-21-32(22-19-30)31-15-12-11-13-16-31/h11-13,15-16,18-19,21-22,24-29H,2-10,14,17H2,1H3. The number of hydrogen-bond donors (Lipinski definition) is 0. The summed E-state index contributed by atoms with van der Waals surface area (Å²) in [4.78, 5) is 2.66. The van der Waals surface area contributed by atoms with Crippen LogP contribution in [0.25, 0.3) is 42.1 Å². The zero-order chi connectivity index (χ0) is 28.6. The Morgan fingerprint density at radius 1 is 0.500 bits per heavy atom. The number of aryl methyl sites for hydroxylation is 1. The highest BCUT2D eigenvalue weighted by Gasteiger charge is 2.10. The molecule has 2 heterocycles. The van der Waals surface area contributed by atoms with E-state index in [2.05, 4.69) is 110 Å². The first-order valence-corrected chi connectivity index (χ1v) is 17.5. The second-order valence-electron chi connectivity index (χ2n) is 11.5. The van der Waals surface area contributed by atoms with Crippen molar-refractivity contribution in [2.45, 2.75) is 77.6 Å². The Labute approximate surface area is 259 Å². The lowest BCUT2D eigenvalue weighted by atomic mass is 10.0. The molecule has 2 heteroatoms. The molecule has 0 N–H and O–H groups in total. The highest BCUT2D eigenvalue weighted by Crippen LogP contribution is 2.38. The number of thiophene rings is 2. The monoisotopic (exact) mass is 584 g/mol. The van der Waals surface area contributed by atoms with Crippen molar-refractivity contribution in [2.75, 3.05) is 0 Å². The van der Waals surface area contributed by atoms with Crippen molar-refractivity contribution in [2.24, 2.45) is 0 Å². The lowest BCUT2D eigenvalue weighted by Gasteiger charge is -2.02. The average Bonchev–Trinajstić information content (AvgIpc) is 3.65. The smallest absolute Gasteiger partial charge is 0.0785 e. The lowest BCUT2D eigenvalue weighted by Crippen LogP contribution is -1.84. The first-order chi connectivity index (χ1) is 20.8. The molecule has 0 aliphatic carbocycles. The van der Waals surface area contributed by atoms with Gasteiger partial charge in [-0.1, -0.05) is 131 Å². The van der Waals surface area contributed by atoms with E-state index in [-0.39, 0.29) is 0 Å². The van der Waals surface area contributed by atoms with E-state index < -0.39 is 0 Å². The van der Waals surface area contributed by atoms with Crippen LogP contribution < -0.4 is 0 Å². The molecule has 4 aromatic carbocycles. The molecule has 0 aliphatic heterocycles. The summed E-state index contributed by atoms with van der Waals surface area (Å²) in [6, 6.07) is 33.1. The van der Waals surface area contributed by atoms with Crippen LogP contribution in [0.1, 0.15) is 86.4 Å². The summed E-state index contributed by atoms with van der Waals surface area (Å²) in [6.07, 6.45) is 15.1. The molecule has 0 radical (unpaired) electrons. The van der Waals surface area contributed by atoms with Gasteiger partial charge in [0.25, 0.3) is 0 Å². The van der Waals surface area contributed by atoms with Crippen molar-refractivity contribution < 1.29 is 0 Å². The van der Waals surface area contributed by atoms with Crippen molar-refractivity contribution >= 4 is 53.6 Å². The van der Waals surface area contributed by atoms with Crippen LogP contribution >= 0.6 is 22.7 Å². The molecule has 6 aromatic rings. The van der Waals surface area contributed by atoms with Crippen LogP contribution in [0, 0.1) is 11.8 Å². The number of unbranched alkanes of at least 4 members (excludes halogenated alkanes) is 9. The molecule has 0 unspecified atom stereocenters. The fourth-order valence-corrected chi connectivity index (χ4v) is 8.03. The van der Waals surface area contributed by atoms with Crippen LogP contribution in [0.2, 0.25) is 0 Å². The van der Waals surface area contributed by atoms with Crippen molar-refractivity contribution in [3.8, 4) is 23.0 Å². The van der Waals surface area contributed by atoms with E-state index in [1.165, 1.54) is 118 Å². The summed E-state index contributed by atoms with van der Waals surface area (Å²) < 4.78 is 2.73. The summed E-state index contributed by atoms with van der Waals surface area (Å²) in [6.45, 7) is 2.29. The molecule has 212 valence electrons. The largest absolute Gasteiger partial charge is 0.140 e. The maximum absolute atomic E-state index is 3.44. The van der Waals surface area contributed by atoms with E-state index in [1.807, 2.05) is 11.3 Å². The Morgan fingerprint density at radius 2 is 1.10 bits per heavy atom. The molecular weight excluding hydrogens is 545 g/mol. The quantitative estimate of drug-likeness (QED) is 0.0991. The minimum atomic E-state index is 1.05. The topological polar surface area (TPSA) is 0 Å². The first kappa shape index (κ1) is 28.7. The van der Waals surface area contributed by atoms with Gasteiger partial charge in [-0.15, -0.1) is 22.7 Å². The van der Waals surface area contributed by atoms with Gasteiger partial charge in [-0.2, -0.15) is 0 Å². The van der Waals surface area contributed by atoms with Crippen LogP contribution in [0.3, 0.4) is 0 Å². The maximum atomic E-state index is 3.44. The van der Waals surface area contributed by atoms with Gasteiger partial charge in [-0.3, -0.25) is 0 Å². The van der Waals surface area contributed by atoms with Crippen LogP contribution in [0.15, 0.2) is 91.0 Å². The molecule has 0 saturated carbocycles. The number of rotatable bonds is 12. The van der Waals surface area contributed by atoms with E-state index >= 15 is 0 Å². The third-order valence-corrected chi connectivity index (χ3v) is 10.5. The van der Waals surface area contributed by atoms with Gasteiger partial charge in [0, 0.05) is 30.6 Å². The van der Waals surface area contributed by atoms with Gasteiger partial charge in [-0.05, 0) is 71.1 Å². The SMILES string of the molecule is CCCCCCCCCCCCc1cc2c(ccc3c4cc(C#Cc5ccc(-c6ccccc6)cc5)sc4ccc23)s1. The van der Waals surface area contributed by atoms with Crippen molar-refractivity contribution in [1.82, 2.24) is 0 Å². The van der Waals surface area contributed by atoms with Crippen LogP contribution in [0.4, 0.5) is 0 Å². The third kappa shape index (κ3) is 6.97. The van der Waals surface area contributed by atoms with Gasteiger partial charge in [0.15, 0.2) is 0 Å². The fourth-order valence-electron chi connectivity index (χ4n) is 5.98. The lowest BCUT2D eigenvalue weighted by molar-refractivity contribution is 0.557. The van der Waals surface area contributed by atoms with Gasteiger partial charge >= 0.3 is 0 Å². The van der Waals surface area contributed by atoms with Crippen molar-refractivity contribution in [1.29, 1.82) is 0 Å². The molecular formula is C40H40S2. The minimum Gasteiger partial charge on any atom is -0.140 e. The molecule has 0 amide bonds. The number of benzene rings is 4. The van der Waals surface area contributed by atoms with Crippen molar-refractivity contribution in [3.05, 3.63) is 106 Å². The molecule has 0 spiro atoms. The van der Waals surface area contributed by atoms with Crippen LogP contribution in [-0.4, -0.2) is 0 Å². The number of hydrogen-bond acceptors (Lipinski definition) is 2. The minimum absolute atomic E-state index is 1.05. The van der Waals surface area contributed by atoms with Gasteiger partial charge < -0.3 is 0 Å². The highest BCUT2D eigenvalue weighted by molar-refractivity contribution is 7.20. The molecule has 0 nitrogen and oxygen atoms in total. The molecule has 42 heavy (non-hydrogen) atoms. The summed E-state index contributed by atoms with van der Waals surface area (Å²) in [5, 5.41) is 5.46. The Bertz CT molecular complexity index is 1810. The first-order valence-electron chi connectivity index (χ1n) is 15.8. The van der Waals surface area contributed by atoms with E-state index in [0.29, 0.717) is 0 Å². The van der Waals surface area contributed by atoms with E-state index in [1.54, 1.807) is 11.3 Å². The molecule has 0 saturated heterocycles. The van der Waals surface area contributed by atoms with E-state index in [0.717, 1.165) is 10.4 Å². The molecule has 6 rings (SSSR count). The molecule has 0 bridgehead atoms. The Hall–Kier alpha value is -3.38. The second kappa shape index (κ2) is 14.2. The molecule has 0 atom stereocenters.